The first-order valence-corrected chi connectivity index (χ1v) is 7.01. The van der Waals surface area contributed by atoms with Gasteiger partial charge in [-0.1, -0.05) is 19.9 Å². The summed E-state index contributed by atoms with van der Waals surface area (Å²) in [5.74, 6) is -0.666. The third-order valence-electron chi connectivity index (χ3n) is 3.19. The topological polar surface area (TPSA) is 75.6 Å². The summed E-state index contributed by atoms with van der Waals surface area (Å²) in [5, 5.41) is 11.5. The highest BCUT2D eigenvalue weighted by molar-refractivity contribution is 5.84. The quantitative estimate of drug-likeness (QED) is 0.809. The zero-order valence-electron chi connectivity index (χ0n) is 13.0. The van der Waals surface area contributed by atoms with Crippen molar-refractivity contribution in [2.75, 3.05) is 6.61 Å². The van der Waals surface area contributed by atoms with E-state index in [1.807, 2.05) is 39.8 Å². The van der Waals surface area contributed by atoms with Crippen LogP contribution in [0.1, 0.15) is 31.4 Å². The lowest BCUT2D eigenvalue weighted by Crippen LogP contribution is -2.43. The number of amides is 1. The Labute approximate surface area is 125 Å². The molecule has 5 heteroatoms. The van der Waals surface area contributed by atoms with E-state index >= 15 is 0 Å². The maximum atomic E-state index is 11.8. The second-order valence-corrected chi connectivity index (χ2v) is 5.62. The molecule has 0 aliphatic carbocycles. The number of aliphatic carboxylic acids is 1. The van der Waals surface area contributed by atoms with Crippen LogP contribution in [0.4, 0.5) is 0 Å². The molecule has 116 valence electrons. The molecule has 0 fully saturated rings. The van der Waals surface area contributed by atoms with Crippen LogP contribution in [0.5, 0.6) is 5.75 Å². The van der Waals surface area contributed by atoms with E-state index in [9.17, 15) is 9.59 Å². The predicted molar refractivity (Wildman–Crippen MR) is 80.4 cm³/mol. The highest BCUT2D eigenvalue weighted by Crippen LogP contribution is 2.16. The molecule has 1 aromatic rings. The molecule has 0 spiro atoms. The number of aryl methyl sites for hydroxylation is 2. The first-order chi connectivity index (χ1) is 9.79. The maximum absolute atomic E-state index is 11.8. The molecular weight excluding hydrogens is 270 g/mol. The largest absolute Gasteiger partial charge is 0.484 e. The van der Waals surface area contributed by atoms with E-state index in [1.54, 1.807) is 6.07 Å². The lowest BCUT2D eigenvalue weighted by molar-refractivity contribution is -0.142. The van der Waals surface area contributed by atoms with Gasteiger partial charge in [0.15, 0.2) is 6.61 Å². The number of benzene rings is 1. The van der Waals surface area contributed by atoms with Crippen molar-refractivity contribution in [1.29, 1.82) is 0 Å². The first-order valence-electron chi connectivity index (χ1n) is 7.01. The Balaban J connectivity index is 2.52. The number of rotatable bonds is 7. The number of carbonyl (C=O) groups is 2. The Bertz CT molecular complexity index is 511. The van der Waals surface area contributed by atoms with Crippen LogP contribution in [-0.2, 0) is 9.59 Å². The summed E-state index contributed by atoms with van der Waals surface area (Å²) in [6.45, 7) is 7.59. The molecule has 0 aliphatic rings. The summed E-state index contributed by atoms with van der Waals surface area (Å²) in [4.78, 5) is 22.8. The van der Waals surface area contributed by atoms with Gasteiger partial charge in [-0.15, -0.1) is 0 Å². The molecule has 0 heterocycles. The van der Waals surface area contributed by atoms with Crippen molar-refractivity contribution in [2.45, 2.75) is 40.2 Å². The molecule has 1 amide bonds. The molecule has 0 aliphatic heterocycles. The van der Waals surface area contributed by atoms with E-state index in [1.165, 1.54) is 0 Å². The molecule has 0 saturated heterocycles. The Morgan fingerprint density at radius 2 is 1.90 bits per heavy atom. The Kier molecular flexibility index (Phi) is 6.21. The van der Waals surface area contributed by atoms with Gasteiger partial charge in [-0.3, -0.25) is 4.79 Å². The predicted octanol–water partition coefficient (Wildman–Crippen LogP) is 2.30. The summed E-state index contributed by atoms with van der Waals surface area (Å²) in [6.07, 6.45) is 0.394. The highest BCUT2D eigenvalue weighted by Gasteiger charge is 2.21. The standard InChI is InChI=1S/C16H23NO4/c1-10(2)7-14(16(19)20)17-15(18)9-21-13-6-5-11(3)12(4)8-13/h5-6,8,10,14H,7,9H2,1-4H3,(H,17,18)(H,19,20)/t14-/m0/s1. The Morgan fingerprint density at radius 1 is 1.24 bits per heavy atom. The molecule has 0 radical (unpaired) electrons. The van der Waals surface area contributed by atoms with Crippen LogP contribution in [0.3, 0.4) is 0 Å². The minimum Gasteiger partial charge on any atom is -0.484 e. The first kappa shape index (κ1) is 17.0. The molecule has 1 aromatic carbocycles. The molecule has 1 atom stereocenters. The summed E-state index contributed by atoms with van der Waals surface area (Å²) >= 11 is 0. The van der Waals surface area contributed by atoms with Crippen LogP contribution in [0.15, 0.2) is 18.2 Å². The van der Waals surface area contributed by atoms with Crippen LogP contribution in [0, 0.1) is 19.8 Å². The number of hydrogen-bond acceptors (Lipinski definition) is 3. The fraction of sp³-hybridized carbons (Fsp3) is 0.500. The van der Waals surface area contributed by atoms with Gasteiger partial charge in [0.05, 0.1) is 0 Å². The van der Waals surface area contributed by atoms with Crippen molar-refractivity contribution in [3.63, 3.8) is 0 Å². The van der Waals surface area contributed by atoms with Crippen LogP contribution in [-0.4, -0.2) is 29.6 Å². The summed E-state index contributed by atoms with van der Waals surface area (Å²) in [7, 11) is 0. The number of nitrogens with one attached hydrogen (secondary N) is 1. The second-order valence-electron chi connectivity index (χ2n) is 5.62. The van der Waals surface area contributed by atoms with Gasteiger partial charge in [-0.05, 0) is 49.4 Å². The third kappa shape index (κ3) is 5.85. The molecule has 0 unspecified atom stereocenters. The number of carboxylic acid groups (broad SMARTS) is 1. The minimum absolute atomic E-state index is 0.187. The summed E-state index contributed by atoms with van der Waals surface area (Å²) in [6, 6.07) is 4.69. The minimum atomic E-state index is -1.02. The van der Waals surface area contributed by atoms with Crippen molar-refractivity contribution >= 4 is 11.9 Å². The van der Waals surface area contributed by atoms with E-state index < -0.39 is 17.9 Å². The van der Waals surface area contributed by atoms with Gasteiger partial charge in [0.25, 0.3) is 5.91 Å². The van der Waals surface area contributed by atoms with E-state index in [4.69, 9.17) is 9.84 Å². The molecule has 1 rings (SSSR count). The normalized spacial score (nSPS) is 12.0. The van der Waals surface area contributed by atoms with Gasteiger partial charge >= 0.3 is 5.97 Å². The van der Waals surface area contributed by atoms with Crippen molar-refractivity contribution in [1.82, 2.24) is 5.32 Å². The number of carboxylic acids is 1. The fourth-order valence-corrected chi connectivity index (χ4v) is 1.88. The van der Waals surface area contributed by atoms with E-state index in [2.05, 4.69) is 5.32 Å². The lowest BCUT2D eigenvalue weighted by Gasteiger charge is -2.16. The molecule has 2 N–H and O–H groups in total. The zero-order chi connectivity index (χ0) is 16.0. The van der Waals surface area contributed by atoms with Crippen molar-refractivity contribution < 1.29 is 19.4 Å². The van der Waals surface area contributed by atoms with Gasteiger partial charge in [0.2, 0.25) is 0 Å². The van der Waals surface area contributed by atoms with Gasteiger partial charge in [0, 0.05) is 0 Å². The van der Waals surface area contributed by atoms with Gasteiger partial charge in [-0.2, -0.15) is 0 Å². The third-order valence-corrected chi connectivity index (χ3v) is 3.19. The molecule has 0 saturated carbocycles. The van der Waals surface area contributed by atoms with E-state index in [0.29, 0.717) is 12.2 Å². The van der Waals surface area contributed by atoms with Crippen LogP contribution in [0.25, 0.3) is 0 Å². The monoisotopic (exact) mass is 293 g/mol. The Morgan fingerprint density at radius 3 is 2.43 bits per heavy atom. The van der Waals surface area contributed by atoms with Crippen LogP contribution >= 0.6 is 0 Å². The fourth-order valence-electron chi connectivity index (χ4n) is 1.88. The zero-order valence-corrected chi connectivity index (χ0v) is 13.0. The molecule has 5 nitrogen and oxygen atoms in total. The summed E-state index contributed by atoms with van der Waals surface area (Å²) in [5.41, 5.74) is 2.23. The average molecular weight is 293 g/mol. The number of hydrogen-bond donors (Lipinski definition) is 2. The van der Waals surface area contributed by atoms with Crippen molar-refractivity contribution in [2.24, 2.45) is 5.92 Å². The SMILES string of the molecule is Cc1ccc(OCC(=O)N[C@@H](CC(C)C)C(=O)O)cc1C. The highest BCUT2D eigenvalue weighted by atomic mass is 16.5. The lowest BCUT2D eigenvalue weighted by atomic mass is 10.0. The van der Waals surface area contributed by atoms with Gasteiger partial charge < -0.3 is 15.2 Å². The molecule has 21 heavy (non-hydrogen) atoms. The second kappa shape index (κ2) is 7.67. The average Bonchev–Trinajstić information content (AvgIpc) is 2.38. The molecular formula is C16H23NO4. The van der Waals surface area contributed by atoms with Crippen molar-refractivity contribution in [3.05, 3.63) is 29.3 Å². The van der Waals surface area contributed by atoms with Crippen LogP contribution in [0.2, 0.25) is 0 Å². The van der Waals surface area contributed by atoms with Crippen molar-refractivity contribution in [3.8, 4) is 5.75 Å². The van der Waals surface area contributed by atoms with E-state index in [0.717, 1.165) is 11.1 Å². The van der Waals surface area contributed by atoms with Crippen LogP contribution < -0.4 is 10.1 Å². The molecule has 0 aromatic heterocycles. The van der Waals surface area contributed by atoms with Gasteiger partial charge in [-0.25, -0.2) is 4.79 Å². The number of carbonyl (C=O) groups excluding carboxylic acids is 1. The summed E-state index contributed by atoms with van der Waals surface area (Å²) < 4.78 is 5.38. The maximum Gasteiger partial charge on any atom is 0.326 e. The number of ether oxygens (including phenoxy) is 1. The molecule has 0 bridgehead atoms. The van der Waals surface area contributed by atoms with Gasteiger partial charge in [0.1, 0.15) is 11.8 Å². The van der Waals surface area contributed by atoms with E-state index in [-0.39, 0.29) is 12.5 Å². The Hall–Kier alpha value is -2.04. The smallest absolute Gasteiger partial charge is 0.326 e.